The maximum Gasteiger partial charge on any atom is 0.387 e. The number of alkyl halides is 2. The van der Waals surface area contributed by atoms with Crippen LogP contribution in [0.2, 0.25) is 0 Å². The highest BCUT2D eigenvalue weighted by atomic mass is 19.3. The summed E-state index contributed by atoms with van der Waals surface area (Å²) >= 11 is 0. The molecule has 0 saturated carbocycles. The Morgan fingerprint density at radius 3 is 2.70 bits per heavy atom. The largest absolute Gasteiger partial charge is 0.434 e. The van der Waals surface area contributed by atoms with E-state index in [2.05, 4.69) is 4.74 Å². The second-order valence-corrected chi connectivity index (χ2v) is 4.60. The van der Waals surface area contributed by atoms with E-state index in [1.165, 1.54) is 17.0 Å². The molecule has 1 N–H and O–H groups in total. The molecule has 0 atom stereocenters. The average molecular weight is 283 g/mol. The van der Waals surface area contributed by atoms with Crippen LogP contribution in [0.3, 0.4) is 0 Å². The fourth-order valence-corrected chi connectivity index (χ4v) is 1.98. The molecule has 1 amide bonds. The van der Waals surface area contributed by atoms with E-state index in [0.717, 1.165) is 0 Å². The topological polar surface area (TPSA) is 49.8 Å². The van der Waals surface area contributed by atoms with Crippen LogP contribution in [0.4, 0.5) is 8.78 Å². The Kier molecular flexibility index (Phi) is 4.34. The van der Waals surface area contributed by atoms with Gasteiger partial charge < -0.3 is 14.7 Å². The van der Waals surface area contributed by atoms with Gasteiger partial charge >= 0.3 is 6.61 Å². The van der Waals surface area contributed by atoms with Gasteiger partial charge in [0.15, 0.2) is 0 Å². The predicted molar refractivity (Wildman–Crippen MR) is 69.3 cm³/mol. The standard InChI is InChI=1S/C14H15F2NO3/c1-9(6-13(19)17-7-10(18)8-17)11-4-2-3-5-12(11)20-14(15)16/h2-6,10,14,18H,7-8H2,1H3/b9-6-. The molecule has 0 aliphatic carbocycles. The zero-order valence-corrected chi connectivity index (χ0v) is 10.9. The van der Waals surface area contributed by atoms with Crippen molar-refractivity contribution in [1.82, 2.24) is 4.90 Å². The summed E-state index contributed by atoms with van der Waals surface area (Å²) in [4.78, 5) is 13.3. The Labute approximate surface area is 115 Å². The lowest BCUT2D eigenvalue weighted by Crippen LogP contribution is -2.53. The maximum atomic E-state index is 12.3. The molecule has 0 radical (unpaired) electrons. The number of benzene rings is 1. The summed E-state index contributed by atoms with van der Waals surface area (Å²) in [7, 11) is 0. The minimum Gasteiger partial charge on any atom is -0.434 e. The molecule has 20 heavy (non-hydrogen) atoms. The lowest BCUT2D eigenvalue weighted by Gasteiger charge is -2.35. The second kappa shape index (κ2) is 6.00. The highest BCUT2D eigenvalue weighted by Crippen LogP contribution is 2.27. The molecule has 1 aliphatic heterocycles. The molecule has 0 bridgehead atoms. The molecule has 4 nitrogen and oxygen atoms in total. The van der Waals surface area contributed by atoms with Crippen LogP contribution in [0.25, 0.3) is 5.57 Å². The van der Waals surface area contributed by atoms with E-state index in [4.69, 9.17) is 5.11 Å². The van der Waals surface area contributed by atoms with Crippen molar-refractivity contribution < 1.29 is 23.4 Å². The summed E-state index contributed by atoms with van der Waals surface area (Å²) in [5.41, 5.74) is 0.981. The van der Waals surface area contributed by atoms with Gasteiger partial charge in [-0.2, -0.15) is 8.78 Å². The third kappa shape index (κ3) is 3.33. The number of allylic oxidation sites excluding steroid dienone is 1. The van der Waals surface area contributed by atoms with E-state index < -0.39 is 12.7 Å². The highest BCUT2D eigenvalue weighted by Gasteiger charge is 2.27. The van der Waals surface area contributed by atoms with Crippen molar-refractivity contribution in [3.63, 3.8) is 0 Å². The fourth-order valence-electron chi connectivity index (χ4n) is 1.98. The number of carbonyl (C=O) groups is 1. The number of rotatable bonds is 4. The predicted octanol–water partition coefficient (Wildman–Crippen LogP) is 1.89. The fraction of sp³-hybridized carbons (Fsp3) is 0.357. The molecule has 1 aliphatic rings. The molecular formula is C14H15F2NO3. The minimum absolute atomic E-state index is 0.0349. The molecule has 1 fully saturated rings. The van der Waals surface area contributed by atoms with Gasteiger partial charge in [0, 0.05) is 24.7 Å². The SMILES string of the molecule is C/C(=C/C(=O)N1CC(O)C1)c1ccccc1OC(F)F. The minimum atomic E-state index is -2.91. The highest BCUT2D eigenvalue weighted by molar-refractivity contribution is 5.95. The van der Waals surface area contributed by atoms with Crippen molar-refractivity contribution in [3.05, 3.63) is 35.9 Å². The van der Waals surface area contributed by atoms with Crippen LogP contribution in [0, 0.1) is 0 Å². The Morgan fingerprint density at radius 2 is 2.10 bits per heavy atom. The summed E-state index contributed by atoms with van der Waals surface area (Å²) < 4.78 is 29.1. The number of likely N-dealkylation sites (tertiary alicyclic amines) is 1. The first-order valence-corrected chi connectivity index (χ1v) is 6.17. The number of para-hydroxylation sites is 1. The summed E-state index contributed by atoms with van der Waals surface area (Å²) in [6.07, 6.45) is 0.890. The van der Waals surface area contributed by atoms with Gasteiger partial charge in [-0.15, -0.1) is 0 Å². The lowest BCUT2D eigenvalue weighted by atomic mass is 10.0. The van der Waals surface area contributed by atoms with Gasteiger partial charge in [0.1, 0.15) is 5.75 Å². The Morgan fingerprint density at radius 1 is 1.45 bits per heavy atom. The van der Waals surface area contributed by atoms with Crippen LogP contribution in [0.15, 0.2) is 30.3 Å². The van der Waals surface area contributed by atoms with Crippen LogP contribution in [-0.2, 0) is 4.79 Å². The van der Waals surface area contributed by atoms with Gasteiger partial charge in [0.05, 0.1) is 6.10 Å². The third-order valence-corrected chi connectivity index (χ3v) is 3.04. The number of ether oxygens (including phenoxy) is 1. The van der Waals surface area contributed by atoms with Crippen LogP contribution < -0.4 is 4.74 Å². The number of hydrogen-bond acceptors (Lipinski definition) is 3. The number of amides is 1. The summed E-state index contributed by atoms with van der Waals surface area (Å²) in [5.74, 6) is -0.215. The van der Waals surface area contributed by atoms with Gasteiger partial charge in [0.2, 0.25) is 5.91 Å². The molecule has 0 unspecified atom stereocenters. The molecule has 1 aromatic carbocycles. The van der Waals surface area contributed by atoms with Crippen molar-refractivity contribution in [3.8, 4) is 5.75 Å². The first-order valence-electron chi connectivity index (χ1n) is 6.17. The molecule has 1 saturated heterocycles. The summed E-state index contributed by atoms with van der Waals surface area (Å²) in [5, 5.41) is 9.14. The zero-order valence-electron chi connectivity index (χ0n) is 10.9. The molecule has 1 heterocycles. The lowest BCUT2D eigenvalue weighted by molar-refractivity contribution is -0.135. The Bertz CT molecular complexity index is 525. The zero-order chi connectivity index (χ0) is 14.7. The molecular weight excluding hydrogens is 268 g/mol. The Balaban J connectivity index is 2.15. The number of β-amino-alcohol motifs (C(OH)–C–C–N with tert-alkyl or cyclic N) is 1. The first-order chi connectivity index (χ1) is 9.47. The van der Waals surface area contributed by atoms with E-state index in [-0.39, 0.29) is 11.7 Å². The molecule has 2 rings (SSSR count). The van der Waals surface area contributed by atoms with Crippen LogP contribution in [0.1, 0.15) is 12.5 Å². The summed E-state index contributed by atoms with van der Waals surface area (Å²) in [6, 6.07) is 6.31. The van der Waals surface area contributed by atoms with Gasteiger partial charge in [-0.3, -0.25) is 4.79 Å². The number of aliphatic hydroxyl groups is 1. The summed E-state index contributed by atoms with van der Waals surface area (Å²) in [6.45, 7) is -0.651. The van der Waals surface area contributed by atoms with E-state index in [1.54, 1.807) is 25.1 Å². The number of carbonyl (C=O) groups excluding carboxylic acids is 1. The number of nitrogens with zero attached hydrogens (tertiary/aromatic N) is 1. The van der Waals surface area contributed by atoms with Crippen molar-refractivity contribution in [2.45, 2.75) is 19.6 Å². The van der Waals surface area contributed by atoms with Crippen LogP contribution in [-0.4, -0.2) is 41.7 Å². The van der Waals surface area contributed by atoms with Gasteiger partial charge in [-0.1, -0.05) is 18.2 Å². The molecule has 1 aromatic rings. The maximum absolute atomic E-state index is 12.3. The van der Waals surface area contributed by atoms with Crippen molar-refractivity contribution in [2.24, 2.45) is 0 Å². The number of hydrogen-bond donors (Lipinski definition) is 1. The average Bonchev–Trinajstić information content (AvgIpc) is 2.34. The monoisotopic (exact) mass is 283 g/mol. The molecule has 108 valence electrons. The normalized spacial score (nSPS) is 16.2. The van der Waals surface area contributed by atoms with Crippen molar-refractivity contribution in [1.29, 1.82) is 0 Å². The second-order valence-electron chi connectivity index (χ2n) is 4.60. The molecule has 0 spiro atoms. The molecule has 6 heteroatoms. The van der Waals surface area contributed by atoms with Gasteiger partial charge in [-0.05, 0) is 18.6 Å². The quantitative estimate of drug-likeness (QED) is 0.859. The Hall–Kier alpha value is -1.95. The van der Waals surface area contributed by atoms with E-state index >= 15 is 0 Å². The van der Waals surface area contributed by atoms with Crippen LogP contribution >= 0.6 is 0 Å². The number of halogens is 2. The number of aliphatic hydroxyl groups excluding tert-OH is 1. The van der Waals surface area contributed by atoms with Crippen molar-refractivity contribution in [2.75, 3.05) is 13.1 Å². The van der Waals surface area contributed by atoms with E-state index in [1.807, 2.05) is 0 Å². The smallest absolute Gasteiger partial charge is 0.387 e. The van der Waals surface area contributed by atoms with Crippen LogP contribution in [0.5, 0.6) is 5.75 Å². The van der Waals surface area contributed by atoms with Gasteiger partial charge in [-0.25, -0.2) is 0 Å². The van der Waals surface area contributed by atoms with E-state index in [0.29, 0.717) is 24.2 Å². The first kappa shape index (κ1) is 14.5. The van der Waals surface area contributed by atoms with Crippen molar-refractivity contribution >= 4 is 11.5 Å². The molecule has 0 aromatic heterocycles. The van der Waals surface area contributed by atoms with E-state index in [9.17, 15) is 13.6 Å². The van der Waals surface area contributed by atoms with Gasteiger partial charge in [0.25, 0.3) is 0 Å². The third-order valence-electron chi connectivity index (χ3n) is 3.04.